The summed E-state index contributed by atoms with van der Waals surface area (Å²) in [5.41, 5.74) is 0.734. The van der Waals surface area contributed by atoms with Crippen molar-refractivity contribution in [3.8, 4) is 11.6 Å². The molecular formula is C16H12BrClN2O. The van der Waals surface area contributed by atoms with Crippen LogP contribution in [0.2, 0.25) is 5.15 Å². The van der Waals surface area contributed by atoms with Crippen LogP contribution >= 0.6 is 27.5 Å². The van der Waals surface area contributed by atoms with Crippen LogP contribution in [0.1, 0.15) is 11.4 Å². The number of hydrogen-bond acceptors (Lipinski definition) is 3. The molecule has 0 unspecified atom stereocenters. The van der Waals surface area contributed by atoms with Crippen molar-refractivity contribution in [2.24, 2.45) is 0 Å². The maximum absolute atomic E-state index is 6.06. The summed E-state index contributed by atoms with van der Waals surface area (Å²) >= 11 is 9.53. The zero-order valence-electron chi connectivity index (χ0n) is 11.5. The van der Waals surface area contributed by atoms with E-state index in [1.165, 1.54) is 0 Å². The van der Waals surface area contributed by atoms with Crippen LogP contribution < -0.4 is 4.74 Å². The van der Waals surface area contributed by atoms with Crippen molar-refractivity contribution in [1.29, 1.82) is 0 Å². The molecule has 0 amide bonds. The van der Waals surface area contributed by atoms with Crippen molar-refractivity contribution in [1.82, 2.24) is 9.97 Å². The Morgan fingerprint density at radius 3 is 2.52 bits per heavy atom. The first-order valence-electron chi connectivity index (χ1n) is 6.41. The molecule has 1 aromatic heterocycles. The molecule has 0 N–H and O–H groups in total. The predicted octanol–water partition coefficient (Wildman–Crippen LogP) is 5.45. The third-order valence-corrected chi connectivity index (χ3v) is 4.00. The molecule has 0 bridgehead atoms. The van der Waals surface area contributed by atoms with E-state index >= 15 is 0 Å². The van der Waals surface area contributed by atoms with E-state index in [0.29, 0.717) is 16.9 Å². The second kappa shape index (κ2) is 5.62. The van der Waals surface area contributed by atoms with Gasteiger partial charge >= 0.3 is 0 Å². The van der Waals surface area contributed by atoms with Gasteiger partial charge in [0.2, 0.25) is 5.88 Å². The number of aromatic nitrogens is 2. The molecule has 106 valence electrons. The van der Waals surface area contributed by atoms with Crippen molar-refractivity contribution in [2.45, 2.75) is 13.8 Å². The Kier molecular flexibility index (Phi) is 3.83. The van der Waals surface area contributed by atoms with Gasteiger partial charge in [-0.05, 0) is 48.9 Å². The molecule has 3 aromatic rings. The summed E-state index contributed by atoms with van der Waals surface area (Å²) in [6, 6.07) is 12.0. The Balaban J connectivity index is 2.00. The van der Waals surface area contributed by atoms with Gasteiger partial charge in [0.25, 0.3) is 0 Å². The number of nitrogens with zero attached hydrogens (tertiary/aromatic N) is 2. The average Bonchev–Trinajstić information content (AvgIpc) is 2.44. The van der Waals surface area contributed by atoms with E-state index in [9.17, 15) is 0 Å². The highest BCUT2D eigenvalue weighted by atomic mass is 79.9. The van der Waals surface area contributed by atoms with Crippen LogP contribution in [0.4, 0.5) is 0 Å². The molecule has 0 spiro atoms. The fraction of sp³-hybridized carbons (Fsp3) is 0.125. The largest absolute Gasteiger partial charge is 0.439 e. The summed E-state index contributed by atoms with van der Waals surface area (Å²) in [7, 11) is 0. The van der Waals surface area contributed by atoms with Gasteiger partial charge < -0.3 is 4.74 Å². The molecule has 3 rings (SSSR count). The summed E-state index contributed by atoms with van der Waals surface area (Å²) in [4.78, 5) is 8.40. The summed E-state index contributed by atoms with van der Waals surface area (Å²) in [6.45, 7) is 3.63. The first-order valence-corrected chi connectivity index (χ1v) is 7.58. The number of hydrogen-bond donors (Lipinski definition) is 0. The molecule has 0 saturated heterocycles. The van der Waals surface area contributed by atoms with Gasteiger partial charge in [-0.1, -0.05) is 39.7 Å². The fourth-order valence-corrected chi connectivity index (χ4v) is 2.62. The number of ether oxygens (including phenoxy) is 1. The zero-order chi connectivity index (χ0) is 15.0. The number of benzene rings is 2. The fourth-order valence-electron chi connectivity index (χ4n) is 2.04. The lowest BCUT2D eigenvalue weighted by Gasteiger charge is -2.10. The Morgan fingerprint density at radius 2 is 1.71 bits per heavy atom. The smallest absolute Gasteiger partial charge is 0.226 e. The van der Waals surface area contributed by atoms with E-state index in [1.807, 2.05) is 37.3 Å². The minimum absolute atomic E-state index is 0.419. The van der Waals surface area contributed by atoms with Gasteiger partial charge in [0.15, 0.2) is 0 Å². The SMILES string of the molecule is Cc1nc(Cl)c(C)c(Oc2ccc3cc(Br)ccc3c2)n1. The van der Waals surface area contributed by atoms with Gasteiger partial charge in [-0.25, -0.2) is 4.98 Å². The van der Waals surface area contributed by atoms with E-state index in [4.69, 9.17) is 16.3 Å². The van der Waals surface area contributed by atoms with E-state index in [0.717, 1.165) is 26.6 Å². The molecule has 0 atom stereocenters. The van der Waals surface area contributed by atoms with Crippen LogP contribution in [-0.2, 0) is 0 Å². The molecular weight excluding hydrogens is 352 g/mol. The number of rotatable bonds is 2. The van der Waals surface area contributed by atoms with Crippen LogP contribution in [0.5, 0.6) is 11.6 Å². The Bertz CT molecular complexity index is 836. The van der Waals surface area contributed by atoms with Crippen LogP contribution in [0.25, 0.3) is 10.8 Å². The third-order valence-electron chi connectivity index (χ3n) is 3.14. The van der Waals surface area contributed by atoms with Crippen LogP contribution in [0.3, 0.4) is 0 Å². The third kappa shape index (κ3) is 3.01. The van der Waals surface area contributed by atoms with E-state index in [1.54, 1.807) is 6.92 Å². The first kappa shape index (κ1) is 14.3. The lowest BCUT2D eigenvalue weighted by atomic mass is 10.1. The highest BCUT2D eigenvalue weighted by Crippen LogP contribution is 2.29. The maximum Gasteiger partial charge on any atom is 0.226 e. The second-order valence-corrected chi connectivity index (χ2v) is 6.02. The molecule has 3 nitrogen and oxygen atoms in total. The standard InChI is InChI=1S/C16H12BrClN2O/c1-9-15(18)19-10(2)20-16(9)21-14-6-4-11-7-13(17)5-3-12(11)8-14/h3-8H,1-2H3. The summed E-state index contributed by atoms with van der Waals surface area (Å²) < 4.78 is 6.92. The molecule has 0 saturated carbocycles. The minimum Gasteiger partial charge on any atom is -0.439 e. The van der Waals surface area contributed by atoms with Crippen LogP contribution in [0, 0.1) is 13.8 Å². The Morgan fingerprint density at radius 1 is 1.00 bits per heavy atom. The van der Waals surface area contributed by atoms with E-state index in [2.05, 4.69) is 32.0 Å². The van der Waals surface area contributed by atoms with Gasteiger partial charge in [0, 0.05) is 10.0 Å². The van der Waals surface area contributed by atoms with Gasteiger partial charge in [0.1, 0.15) is 16.7 Å². The Hall–Kier alpha value is -1.65. The zero-order valence-corrected chi connectivity index (χ0v) is 13.9. The maximum atomic E-state index is 6.06. The summed E-state index contributed by atoms with van der Waals surface area (Å²) in [6.07, 6.45) is 0. The molecule has 0 aliphatic carbocycles. The van der Waals surface area contributed by atoms with Crippen LogP contribution in [0.15, 0.2) is 40.9 Å². The Labute approximate surface area is 136 Å². The highest BCUT2D eigenvalue weighted by Gasteiger charge is 2.10. The first-order chi connectivity index (χ1) is 10.0. The van der Waals surface area contributed by atoms with Crippen molar-refractivity contribution in [3.05, 3.63) is 57.4 Å². The molecule has 0 aliphatic heterocycles. The molecule has 1 heterocycles. The van der Waals surface area contributed by atoms with Crippen molar-refractivity contribution < 1.29 is 4.74 Å². The second-order valence-electron chi connectivity index (χ2n) is 4.75. The van der Waals surface area contributed by atoms with Crippen molar-refractivity contribution in [3.63, 3.8) is 0 Å². The quantitative estimate of drug-likeness (QED) is 0.567. The predicted molar refractivity (Wildman–Crippen MR) is 88.2 cm³/mol. The van der Waals surface area contributed by atoms with Crippen molar-refractivity contribution in [2.75, 3.05) is 0 Å². The normalized spacial score (nSPS) is 10.9. The van der Waals surface area contributed by atoms with Gasteiger partial charge in [-0.3, -0.25) is 0 Å². The van der Waals surface area contributed by atoms with Gasteiger partial charge in [-0.2, -0.15) is 4.98 Å². The average molecular weight is 364 g/mol. The topological polar surface area (TPSA) is 35.0 Å². The number of fused-ring (bicyclic) bond motifs is 1. The van der Waals surface area contributed by atoms with E-state index in [-0.39, 0.29) is 0 Å². The molecule has 21 heavy (non-hydrogen) atoms. The summed E-state index contributed by atoms with van der Waals surface area (Å²) in [5.74, 6) is 1.80. The molecule has 2 aromatic carbocycles. The lowest BCUT2D eigenvalue weighted by Crippen LogP contribution is -1.97. The molecule has 5 heteroatoms. The highest BCUT2D eigenvalue weighted by molar-refractivity contribution is 9.10. The van der Waals surface area contributed by atoms with Gasteiger partial charge in [-0.15, -0.1) is 0 Å². The lowest BCUT2D eigenvalue weighted by molar-refractivity contribution is 0.456. The van der Waals surface area contributed by atoms with Crippen LogP contribution in [-0.4, -0.2) is 9.97 Å². The van der Waals surface area contributed by atoms with E-state index < -0.39 is 0 Å². The number of aryl methyl sites for hydroxylation is 1. The monoisotopic (exact) mass is 362 g/mol. The van der Waals surface area contributed by atoms with Gasteiger partial charge in [0.05, 0.1) is 0 Å². The minimum atomic E-state index is 0.419. The molecule has 0 radical (unpaired) electrons. The van der Waals surface area contributed by atoms with Crippen molar-refractivity contribution >= 4 is 38.3 Å². The number of halogens is 2. The molecule has 0 aliphatic rings. The summed E-state index contributed by atoms with van der Waals surface area (Å²) in [5, 5.41) is 2.66. The molecule has 0 fully saturated rings.